The number of nitrogens with zero attached hydrogens (tertiary/aromatic N) is 3. The molecule has 0 bridgehead atoms. The number of aromatic nitrogens is 3. The topological polar surface area (TPSA) is 66.0 Å². The zero-order valence-corrected chi connectivity index (χ0v) is 11.8. The van der Waals surface area contributed by atoms with Crippen molar-refractivity contribution in [2.75, 3.05) is 0 Å². The van der Waals surface area contributed by atoms with Crippen LogP contribution >= 0.6 is 0 Å². The lowest BCUT2D eigenvalue weighted by Gasteiger charge is -2.12. The van der Waals surface area contributed by atoms with Crippen molar-refractivity contribution < 1.29 is 4.74 Å². The van der Waals surface area contributed by atoms with E-state index in [1.54, 1.807) is 4.68 Å². The van der Waals surface area contributed by atoms with Gasteiger partial charge in [0.05, 0.1) is 12.6 Å². The van der Waals surface area contributed by atoms with Crippen molar-refractivity contribution in [1.82, 2.24) is 14.8 Å². The first kappa shape index (κ1) is 13.5. The summed E-state index contributed by atoms with van der Waals surface area (Å²) in [5.41, 5.74) is 7.66. The Morgan fingerprint density at radius 2 is 2.11 bits per heavy atom. The summed E-state index contributed by atoms with van der Waals surface area (Å²) in [5.74, 6) is 2.37. The summed E-state index contributed by atoms with van der Waals surface area (Å²) in [4.78, 5) is 4.42. The number of ether oxygens (including phenoxy) is 1. The molecule has 5 heteroatoms. The summed E-state index contributed by atoms with van der Waals surface area (Å²) in [5, 5.41) is 4.37. The van der Waals surface area contributed by atoms with E-state index in [-0.39, 0.29) is 6.10 Å². The van der Waals surface area contributed by atoms with Crippen LogP contribution in [0.3, 0.4) is 0 Å². The van der Waals surface area contributed by atoms with E-state index in [9.17, 15) is 0 Å². The number of aryl methyl sites for hydroxylation is 2. The molecule has 0 unspecified atom stereocenters. The molecule has 19 heavy (non-hydrogen) atoms. The fourth-order valence-corrected chi connectivity index (χ4v) is 1.89. The van der Waals surface area contributed by atoms with E-state index in [1.807, 2.05) is 46.0 Å². The van der Waals surface area contributed by atoms with Gasteiger partial charge in [-0.1, -0.05) is 0 Å². The van der Waals surface area contributed by atoms with Gasteiger partial charge in [-0.3, -0.25) is 4.68 Å². The molecule has 2 N–H and O–H groups in total. The maximum absolute atomic E-state index is 5.72. The fraction of sp³-hybridized carbons (Fsp3) is 0.429. The van der Waals surface area contributed by atoms with Crippen LogP contribution in [0.2, 0.25) is 0 Å². The molecular formula is C14H20N4O. The van der Waals surface area contributed by atoms with Gasteiger partial charge in [-0.05, 0) is 44.5 Å². The minimum absolute atomic E-state index is 0.168. The molecule has 0 aliphatic carbocycles. The molecule has 0 atom stereocenters. The van der Waals surface area contributed by atoms with E-state index < -0.39 is 0 Å². The molecule has 0 spiro atoms. The Labute approximate surface area is 113 Å². The number of nitrogens with two attached hydrogens (primary N) is 1. The molecule has 5 nitrogen and oxygen atoms in total. The number of hydrogen-bond donors (Lipinski definition) is 1. The van der Waals surface area contributed by atoms with Gasteiger partial charge in [0.1, 0.15) is 11.6 Å². The summed E-state index contributed by atoms with van der Waals surface area (Å²) in [6, 6.07) is 5.97. The number of rotatable bonds is 4. The maximum atomic E-state index is 5.72. The third-order valence-corrected chi connectivity index (χ3v) is 2.83. The second-order valence-corrected chi connectivity index (χ2v) is 4.83. The van der Waals surface area contributed by atoms with E-state index in [2.05, 4.69) is 10.1 Å². The Morgan fingerprint density at radius 3 is 2.63 bits per heavy atom. The van der Waals surface area contributed by atoms with Gasteiger partial charge in [0.15, 0.2) is 5.82 Å². The highest BCUT2D eigenvalue weighted by Crippen LogP contribution is 2.25. The Bertz CT molecular complexity index is 575. The predicted octanol–water partition coefficient (Wildman–Crippen LogP) is 2.04. The average molecular weight is 260 g/mol. The molecule has 1 heterocycles. The van der Waals surface area contributed by atoms with Gasteiger partial charge in [-0.15, -0.1) is 0 Å². The van der Waals surface area contributed by atoms with Gasteiger partial charge < -0.3 is 10.5 Å². The molecule has 0 radical (unpaired) electrons. The van der Waals surface area contributed by atoms with Crippen molar-refractivity contribution in [1.29, 1.82) is 0 Å². The quantitative estimate of drug-likeness (QED) is 0.913. The van der Waals surface area contributed by atoms with Crippen LogP contribution in [-0.4, -0.2) is 20.9 Å². The van der Waals surface area contributed by atoms with Gasteiger partial charge in [-0.2, -0.15) is 5.10 Å². The van der Waals surface area contributed by atoms with Gasteiger partial charge in [0.2, 0.25) is 0 Å². The van der Waals surface area contributed by atoms with Crippen LogP contribution in [-0.2, 0) is 13.6 Å². The van der Waals surface area contributed by atoms with Gasteiger partial charge >= 0.3 is 0 Å². The summed E-state index contributed by atoms with van der Waals surface area (Å²) < 4.78 is 7.43. The zero-order valence-electron chi connectivity index (χ0n) is 11.8. The van der Waals surface area contributed by atoms with Crippen LogP contribution in [0.5, 0.6) is 5.75 Å². The van der Waals surface area contributed by atoms with Gasteiger partial charge in [0, 0.05) is 12.6 Å². The summed E-state index contributed by atoms with van der Waals surface area (Å²) in [7, 11) is 1.85. The van der Waals surface area contributed by atoms with E-state index in [0.717, 1.165) is 22.7 Å². The van der Waals surface area contributed by atoms with Crippen molar-refractivity contribution >= 4 is 0 Å². The van der Waals surface area contributed by atoms with Crippen LogP contribution < -0.4 is 10.5 Å². The van der Waals surface area contributed by atoms with Crippen molar-refractivity contribution in [3.05, 3.63) is 29.6 Å². The van der Waals surface area contributed by atoms with Gasteiger partial charge in [0.25, 0.3) is 0 Å². The van der Waals surface area contributed by atoms with Gasteiger partial charge in [-0.25, -0.2) is 4.98 Å². The fourth-order valence-electron chi connectivity index (χ4n) is 1.89. The van der Waals surface area contributed by atoms with Crippen LogP contribution in [0.4, 0.5) is 0 Å². The molecule has 102 valence electrons. The molecule has 0 saturated heterocycles. The Hall–Kier alpha value is -1.88. The second-order valence-electron chi connectivity index (χ2n) is 4.83. The number of hydrogen-bond acceptors (Lipinski definition) is 4. The average Bonchev–Trinajstić information content (AvgIpc) is 2.72. The first-order chi connectivity index (χ1) is 9.01. The van der Waals surface area contributed by atoms with Crippen LogP contribution in [0.1, 0.15) is 25.2 Å². The lowest BCUT2D eigenvalue weighted by molar-refractivity contribution is 0.241. The molecule has 0 saturated carbocycles. The molecule has 0 amide bonds. The zero-order chi connectivity index (χ0) is 14.0. The summed E-state index contributed by atoms with van der Waals surface area (Å²) in [6.45, 7) is 6.44. The Balaban J connectivity index is 2.33. The largest absolute Gasteiger partial charge is 0.491 e. The molecule has 1 aromatic heterocycles. The van der Waals surface area contributed by atoms with Crippen molar-refractivity contribution in [3.8, 4) is 17.1 Å². The normalized spacial score (nSPS) is 11.1. The lowest BCUT2D eigenvalue weighted by atomic mass is 10.1. The summed E-state index contributed by atoms with van der Waals surface area (Å²) in [6.07, 6.45) is 0.168. The minimum Gasteiger partial charge on any atom is -0.491 e. The van der Waals surface area contributed by atoms with Crippen molar-refractivity contribution in [2.24, 2.45) is 12.8 Å². The predicted molar refractivity (Wildman–Crippen MR) is 74.8 cm³/mol. The smallest absolute Gasteiger partial charge is 0.181 e. The highest BCUT2D eigenvalue weighted by molar-refractivity contribution is 5.58. The Morgan fingerprint density at radius 1 is 1.37 bits per heavy atom. The van der Waals surface area contributed by atoms with Crippen molar-refractivity contribution in [3.63, 3.8) is 0 Å². The maximum Gasteiger partial charge on any atom is 0.181 e. The highest BCUT2D eigenvalue weighted by Gasteiger charge is 2.10. The lowest BCUT2D eigenvalue weighted by Crippen LogP contribution is -2.06. The molecular weight excluding hydrogens is 240 g/mol. The van der Waals surface area contributed by atoms with Crippen molar-refractivity contribution in [2.45, 2.75) is 33.4 Å². The van der Waals surface area contributed by atoms with Crippen LogP contribution in [0.25, 0.3) is 11.4 Å². The standard InChI is InChI=1S/C14H20N4O/c1-9(2)19-12-6-5-11(7-10(12)3)14-16-13(8-15)18(4)17-14/h5-7,9H,8,15H2,1-4H3. The van der Waals surface area contributed by atoms with E-state index in [1.165, 1.54) is 0 Å². The molecule has 2 rings (SSSR count). The minimum atomic E-state index is 0.168. The Kier molecular flexibility index (Phi) is 3.85. The first-order valence-corrected chi connectivity index (χ1v) is 6.39. The molecule has 1 aromatic carbocycles. The third-order valence-electron chi connectivity index (χ3n) is 2.83. The van der Waals surface area contributed by atoms with Crippen LogP contribution in [0, 0.1) is 6.92 Å². The molecule has 0 aliphatic heterocycles. The second kappa shape index (κ2) is 5.40. The molecule has 2 aromatic rings. The third kappa shape index (κ3) is 2.93. The summed E-state index contributed by atoms with van der Waals surface area (Å²) >= 11 is 0. The first-order valence-electron chi connectivity index (χ1n) is 6.39. The van der Waals surface area contributed by atoms with E-state index in [4.69, 9.17) is 10.5 Å². The molecule has 0 fully saturated rings. The highest BCUT2D eigenvalue weighted by atomic mass is 16.5. The molecule has 0 aliphatic rings. The van der Waals surface area contributed by atoms with E-state index in [0.29, 0.717) is 12.4 Å². The van der Waals surface area contributed by atoms with E-state index >= 15 is 0 Å². The SMILES string of the molecule is Cc1cc(-c2nc(CN)n(C)n2)ccc1OC(C)C. The monoisotopic (exact) mass is 260 g/mol. The van der Waals surface area contributed by atoms with Crippen LogP contribution in [0.15, 0.2) is 18.2 Å². The number of benzene rings is 1.